The molecule has 3 heteroatoms. The van der Waals surface area contributed by atoms with Gasteiger partial charge in [0.1, 0.15) is 10.0 Å². The molecule has 0 radical (unpaired) electrons. The van der Waals surface area contributed by atoms with E-state index in [-0.39, 0.29) is 0 Å². The minimum atomic E-state index is -0.427. The first-order chi connectivity index (χ1) is 24.6. The molecule has 0 amide bonds. The van der Waals surface area contributed by atoms with Gasteiger partial charge < -0.3 is 0 Å². The van der Waals surface area contributed by atoms with E-state index in [9.17, 15) is 0 Å². The maximum Gasteiger partial charge on any atom is 0.148 e. The molecule has 9 rings (SSSR count). The number of nitrogens with zero attached hydrogens (tertiary/aromatic N) is 2. The van der Waals surface area contributed by atoms with Crippen molar-refractivity contribution in [3.63, 3.8) is 0 Å². The monoisotopic (exact) mass is 660 g/mol. The predicted molar refractivity (Wildman–Crippen MR) is 210 cm³/mol. The van der Waals surface area contributed by atoms with Crippen LogP contribution in [0, 0.1) is 5.92 Å². The molecular weight excluding hydrogens is 625 g/mol. The van der Waals surface area contributed by atoms with E-state index in [1.54, 1.807) is 11.3 Å². The second-order valence-electron chi connectivity index (χ2n) is 13.7. The highest BCUT2D eigenvalue weighted by Gasteiger charge is 2.45. The summed E-state index contributed by atoms with van der Waals surface area (Å²) in [5, 5.41) is 13.5. The van der Waals surface area contributed by atoms with E-state index in [0.29, 0.717) is 5.92 Å². The van der Waals surface area contributed by atoms with Gasteiger partial charge in [-0.2, -0.15) is 0 Å². The lowest BCUT2D eigenvalue weighted by molar-refractivity contribution is 0.646. The van der Waals surface area contributed by atoms with Crippen LogP contribution < -0.4 is 0 Å². The van der Waals surface area contributed by atoms with Crippen LogP contribution in [0.4, 0.5) is 0 Å². The molecule has 0 fully saturated rings. The highest BCUT2D eigenvalue weighted by molar-refractivity contribution is 7.18. The van der Waals surface area contributed by atoms with Gasteiger partial charge in [-0.1, -0.05) is 183 Å². The number of benzene rings is 7. The van der Waals surface area contributed by atoms with Crippen LogP contribution in [0.2, 0.25) is 0 Å². The van der Waals surface area contributed by atoms with E-state index in [1.807, 2.05) is 0 Å². The quantitative estimate of drug-likeness (QED) is 0.170. The van der Waals surface area contributed by atoms with Crippen LogP contribution in [0.25, 0.3) is 54.2 Å². The molecule has 0 unspecified atom stereocenters. The zero-order valence-corrected chi connectivity index (χ0v) is 29.0. The van der Waals surface area contributed by atoms with Crippen LogP contribution in [0.5, 0.6) is 0 Å². The van der Waals surface area contributed by atoms with Crippen LogP contribution in [-0.2, 0) is 11.8 Å². The normalized spacial score (nSPS) is 13.0. The molecule has 2 nitrogen and oxygen atoms in total. The van der Waals surface area contributed by atoms with Crippen molar-refractivity contribution in [1.29, 1.82) is 0 Å². The maximum absolute atomic E-state index is 4.61. The molecule has 0 bridgehead atoms. The Labute approximate surface area is 297 Å². The van der Waals surface area contributed by atoms with Crippen molar-refractivity contribution in [1.82, 2.24) is 10.2 Å². The second kappa shape index (κ2) is 12.4. The summed E-state index contributed by atoms with van der Waals surface area (Å²) in [7, 11) is 0. The molecule has 1 heterocycles. The number of fused-ring (bicyclic) bond motifs is 4. The standard InChI is InChI=1S/C47H36N2S/c1-31(2)29-32-21-27-37(28-22-32)47(43-19-7-5-16-40(43)41-17-6-8-20-44(41)47)38-14-9-13-36(30-38)33-23-25-35(26-24-33)45-48-49-46(50-45)42-18-10-12-34-11-3-4-15-39(34)42/h3-28,30-31H,29H2,1-2H3. The smallest absolute Gasteiger partial charge is 0.138 e. The van der Waals surface area contributed by atoms with Crippen molar-refractivity contribution in [2.75, 3.05) is 0 Å². The van der Waals surface area contributed by atoms with E-state index in [2.05, 4.69) is 188 Å². The molecule has 240 valence electrons. The molecule has 50 heavy (non-hydrogen) atoms. The van der Waals surface area contributed by atoms with Gasteiger partial charge in [0.25, 0.3) is 0 Å². The molecule has 0 atom stereocenters. The predicted octanol–water partition coefficient (Wildman–Crippen LogP) is 12.3. The van der Waals surface area contributed by atoms with Gasteiger partial charge in [-0.3, -0.25) is 0 Å². The van der Waals surface area contributed by atoms with Crippen LogP contribution in [0.3, 0.4) is 0 Å². The van der Waals surface area contributed by atoms with Gasteiger partial charge in [-0.05, 0) is 79.2 Å². The summed E-state index contributed by atoms with van der Waals surface area (Å²) in [5.74, 6) is 0.615. The molecule has 0 spiro atoms. The topological polar surface area (TPSA) is 25.8 Å². The molecule has 8 aromatic rings. The number of rotatable bonds is 7. The van der Waals surface area contributed by atoms with Crippen LogP contribution in [0.15, 0.2) is 164 Å². The molecule has 0 aliphatic heterocycles. The van der Waals surface area contributed by atoms with Gasteiger partial charge in [0.05, 0.1) is 5.41 Å². The largest absolute Gasteiger partial charge is 0.148 e. The third kappa shape index (κ3) is 5.00. The van der Waals surface area contributed by atoms with Gasteiger partial charge in [0.15, 0.2) is 0 Å². The molecule has 1 aliphatic carbocycles. The molecule has 1 aromatic heterocycles. The first kappa shape index (κ1) is 30.4. The van der Waals surface area contributed by atoms with Gasteiger partial charge in [-0.15, -0.1) is 10.2 Å². The zero-order chi connectivity index (χ0) is 33.7. The van der Waals surface area contributed by atoms with Gasteiger partial charge in [0, 0.05) is 11.1 Å². The Kier molecular flexibility index (Phi) is 7.52. The summed E-state index contributed by atoms with van der Waals surface area (Å²) < 4.78 is 0. The van der Waals surface area contributed by atoms with Crippen LogP contribution >= 0.6 is 11.3 Å². The Morgan fingerprint density at radius 1 is 0.500 bits per heavy atom. The van der Waals surface area contributed by atoms with Crippen molar-refractivity contribution >= 4 is 22.1 Å². The van der Waals surface area contributed by atoms with Crippen molar-refractivity contribution in [2.45, 2.75) is 25.7 Å². The van der Waals surface area contributed by atoms with Gasteiger partial charge in [-0.25, -0.2) is 0 Å². The lowest BCUT2D eigenvalue weighted by Crippen LogP contribution is -2.28. The lowest BCUT2D eigenvalue weighted by Gasteiger charge is -2.34. The van der Waals surface area contributed by atoms with E-state index in [1.165, 1.54) is 60.8 Å². The fraction of sp³-hybridized carbons (Fsp3) is 0.106. The molecular formula is C47H36N2S. The third-order valence-corrected chi connectivity index (χ3v) is 11.2. The van der Waals surface area contributed by atoms with Crippen LogP contribution in [-0.4, -0.2) is 10.2 Å². The summed E-state index contributed by atoms with van der Waals surface area (Å²) in [6.45, 7) is 4.57. The molecule has 0 saturated heterocycles. The Balaban J connectivity index is 1.12. The Bertz CT molecular complexity index is 2440. The van der Waals surface area contributed by atoms with Crippen molar-refractivity contribution in [2.24, 2.45) is 5.92 Å². The van der Waals surface area contributed by atoms with Gasteiger partial charge in [0.2, 0.25) is 0 Å². The van der Waals surface area contributed by atoms with E-state index in [4.69, 9.17) is 0 Å². The molecule has 7 aromatic carbocycles. The Hall–Kier alpha value is -5.64. The van der Waals surface area contributed by atoms with Gasteiger partial charge >= 0.3 is 0 Å². The summed E-state index contributed by atoms with van der Waals surface area (Å²) in [5.41, 5.74) is 13.4. The van der Waals surface area contributed by atoms with Crippen molar-refractivity contribution in [3.05, 3.63) is 192 Å². The number of hydrogen-bond donors (Lipinski definition) is 0. The fourth-order valence-electron chi connectivity index (χ4n) is 7.98. The molecule has 1 aliphatic rings. The highest BCUT2D eigenvalue weighted by Crippen LogP contribution is 2.56. The molecule has 0 saturated carbocycles. The second-order valence-corrected chi connectivity index (χ2v) is 14.7. The Morgan fingerprint density at radius 2 is 1.10 bits per heavy atom. The first-order valence-electron chi connectivity index (χ1n) is 17.4. The average Bonchev–Trinajstić information content (AvgIpc) is 3.77. The van der Waals surface area contributed by atoms with E-state index >= 15 is 0 Å². The van der Waals surface area contributed by atoms with Crippen molar-refractivity contribution < 1.29 is 0 Å². The lowest BCUT2D eigenvalue weighted by atomic mass is 9.67. The minimum Gasteiger partial charge on any atom is -0.138 e. The summed E-state index contributed by atoms with van der Waals surface area (Å²) in [6.07, 6.45) is 1.08. The zero-order valence-electron chi connectivity index (χ0n) is 28.2. The first-order valence-corrected chi connectivity index (χ1v) is 18.2. The maximum atomic E-state index is 4.61. The minimum absolute atomic E-state index is 0.427. The SMILES string of the molecule is CC(C)Cc1ccc(C2(c3cccc(-c4ccc(-c5nnc(-c6cccc7ccccc67)s5)cc4)c3)c3ccccc3-c3ccccc32)cc1. The Morgan fingerprint density at radius 3 is 1.84 bits per heavy atom. The summed E-state index contributed by atoms with van der Waals surface area (Å²) >= 11 is 1.64. The number of aromatic nitrogens is 2. The summed E-state index contributed by atoms with van der Waals surface area (Å²) in [6, 6.07) is 60.1. The fourth-order valence-corrected chi connectivity index (χ4v) is 8.87. The summed E-state index contributed by atoms with van der Waals surface area (Å²) in [4.78, 5) is 0. The van der Waals surface area contributed by atoms with Crippen LogP contribution in [0.1, 0.15) is 41.7 Å². The van der Waals surface area contributed by atoms with E-state index < -0.39 is 5.41 Å². The highest BCUT2D eigenvalue weighted by atomic mass is 32.1. The van der Waals surface area contributed by atoms with E-state index in [0.717, 1.165) is 27.6 Å². The third-order valence-electron chi connectivity index (χ3n) is 10.2. The average molecular weight is 661 g/mol. The molecule has 0 N–H and O–H groups in total. The van der Waals surface area contributed by atoms with Crippen molar-refractivity contribution in [3.8, 4) is 43.4 Å². The number of hydrogen-bond acceptors (Lipinski definition) is 3.